The first-order valence-electron chi connectivity index (χ1n) is 6.29. The number of likely N-dealkylation sites (N-methyl/N-ethyl adjacent to an activating group) is 2. The van der Waals surface area contributed by atoms with Gasteiger partial charge < -0.3 is 10.2 Å². The van der Waals surface area contributed by atoms with E-state index in [1.165, 1.54) is 12.3 Å². The zero-order valence-electron chi connectivity index (χ0n) is 11.2. The van der Waals surface area contributed by atoms with Crippen LogP contribution in [0.3, 0.4) is 0 Å². The number of hydrogen-bond donors (Lipinski definition) is 1. The first-order valence-corrected chi connectivity index (χ1v) is 6.29. The minimum Gasteiger partial charge on any atom is -0.368 e. The molecule has 1 atom stereocenters. The van der Waals surface area contributed by atoms with E-state index in [1.807, 2.05) is 0 Å². The number of aromatic nitrogens is 1. The summed E-state index contributed by atoms with van der Waals surface area (Å²) in [7, 11) is 4.23. The van der Waals surface area contributed by atoms with Crippen molar-refractivity contribution in [2.24, 2.45) is 0 Å². The Kier molecular flexibility index (Phi) is 4.28. The van der Waals surface area contributed by atoms with Crippen LogP contribution in [0.5, 0.6) is 0 Å². The summed E-state index contributed by atoms with van der Waals surface area (Å²) in [6.45, 7) is 3.93. The van der Waals surface area contributed by atoms with Gasteiger partial charge in [0.2, 0.25) is 0 Å². The van der Waals surface area contributed by atoms with Crippen LogP contribution in [0.15, 0.2) is 18.3 Å². The van der Waals surface area contributed by atoms with Gasteiger partial charge in [-0.2, -0.15) is 0 Å². The third kappa shape index (κ3) is 3.62. The minimum absolute atomic E-state index is 0.0140. The van der Waals surface area contributed by atoms with E-state index in [9.17, 15) is 10.1 Å². The Morgan fingerprint density at radius 3 is 2.89 bits per heavy atom. The lowest BCUT2D eigenvalue weighted by Gasteiger charge is -2.37. The summed E-state index contributed by atoms with van der Waals surface area (Å²) in [5, 5.41) is 13.8. The van der Waals surface area contributed by atoms with Crippen molar-refractivity contribution < 1.29 is 4.92 Å². The van der Waals surface area contributed by atoms with Crippen molar-refractivity contribution in [1.82, 2.24) is 14.8 Å². The second-order valence-corrected chi connectivity index (χ2v) is 4.94. The first kappa shape index (κ1) is 13.7. The van der Waals surface area contributed by atoms with Gasteiger partial charge in [0.15, 0.2) is 0 Å². The molecule has 0 spiro atoms. The smallest absolute Gasteiger partial charge is 0.287 e. The van der Waals surface area contributed by atoms with Crippen LogP contribution in [-0.2, 0) is 0 Å². The molecular weight excluding hydrogens is 246 g/mol. The standard InChI is InChI=1S/C12H19N5O2/c1-15-5-6-16(2)11(9-15)8-14-12-4-3-10(7-13-12)17(18)19/h3-4,7,11H,5-6,8-9H2,1-2H3,(H,13,14). The van der Waals surface area contributed by atoms with Crippen molar-refractivity contribution >= 4 is 11.5 Å². The summed E-state index contributed by atoms with van der Waals surface area (Å²) in [4.78, 5) is 18.7. The second kappa shape index (κ2) is 5.94. The van der Waals surface area contributed by atoms with Gasteiger partial charge in [-0.05, 0) is 20.2 Å². The zero-order valence-corrected chi connectivity index (χ0v) is 11.2. The van der Waals surface area contributed by atoms with Gasteiger partial charge in [0.1, 0.15) is 12.0 Å². The Hall–Kier alpha value is -1.73. The van der Waals surface area contributed by atoms with E-state index in [0.29, 0.717) is 11.9 Å². The Morgan fingerprint density at radius 2 is 2.26 bits per heavy atom. The highest BCUT2D eigenvalue weighted by molar-refractivity contribution is 5.40. The maximum absolute atomic E-state index is 10.5. The Morgan fingerprint density at radius 1 is 1.47 bits per heavy atom. The molecule has 0 radical (unpaired) electrons. The van der Waals surface area contributed by atoms with Crippen molar-refractivity contribution in [1.29, 1.82) is 0 Å². The molecule has 1 aromatic heterocycles. The maximum Gasteiger partial charge on any atom is 0.287 e. The molecule has 0 amide bonds. The maximum atomic E-state index is 10.5. The lowest BCUT2D eigenvalue weighted by Crippen LogP contribution is -2.52. The van der Waals surface area contributed by atoms with Gasteiger partial charge >= 0.3 is 0 Å². The van der Waals surface area contributed by atoms with Crippen molar-refractivity contribution in [2.45, 2.75) is 6.04 Å². The predicted molar refractivity (Wildman–Crippen MR) is 73.3 cm³/mol. The number of nitro groups is 1. The van der Waals surface area contributed by atoms with Gasteiger partial charge in [-0.15, -0.1) is 0 Å². The average Bonchev–Trinajstić information content (AvgIpc) is 2.40. The third-order valence-electron chi connectivity index (χ3n) is 3.46. The lowest BCUT2D eigenvalue weighted by molar-refractivity contribution is -0.385. The SMILES string of the molecule is CN1CCN(C)C(CNc2ccc([N+](=O)[O-])cn2)C1. The molecule has 1 aromatic rings. The number of pyridine rings is 1. The van der Waals surface area contributed by atoms with Crippen LogP contribution in [0.25, 0.3) is 0 Å². The monoisotopic (exact) mass is 265 g/mol. The van der Waals surface area contributed by atoms with Crippen LogP contribution in [0.2, 0.25) is 0 Å². The Labute approximate surface area is 112 Å². The zero-order chi connectivity index (χ0) is 13.8. The summed E-state index contributed by atoms with van der Waals surface area (Å²) < 4.78 is 0. The van der Waals surface area contributed by atoms with Crippen molar-refractivity contribution in [3.63, 3.8) is 0 Å². The van der Waals surface area contributed by atoms with E-state index in [2.05, 4.69) is 34.2 Å². The van der Waals surface area contributed by atoms with Gasteiger partial charge in [-0.25, -0.2) is 4.98 Å². The molecule has 0 saturated carbocycles. The van der Waals surface area contributed by atoms with Crippen LogP contribution in [0, 0.1) is 10.1 Å². The van der Waals surface area contributed by atoms with Crippen molar-refractivity contribution in [2.75, 3.05) is 45.6 Å². The molecule has 19 heavy (non-hydrogen) atoms. The number of piperazine rings is 1. The molecule has 1 fully saturated rings. The normalized spacial score (nSPS) is 21.3. The molecule has 0 aromatic carbocycles. The highest BCUT2D eigenvalue weighted by Crippen LogP contribution is 2.12. The summed E-state index contributed by atoms with van der Waals surface area (Å²) in [5.41, 5.74) is 0.0140. The van der Waals surface area contributed by atoms with Gasteiger partial charge in [0.05, 0.1) is 4.92 Å². The fourth-order valence-corrected chi connectivity index (χ4v) is 2.14. The predicted octanol–water partition coefficient (Wildman–Crippen LogP) is 0.647. The fraction of sp³-hybridized carbons (Fsp3) is 0.583. The molecule has 0 bridgehead atoms. The summed E-state index contributed by atoms with van der Waals surface area (Å²) in [6, 6.07) is 3.53. The van der Waals surface area contributed by atoms with Crippen molar-refractivity contribution in [3.05, 3.63) is 28.4 Å². The van der Waals surface area contributed by atoms with Gasteiger partial charge in [0.25, 0.3) is 5.69 Å². The molecule has 1 aliphatic rings. The van der Waals surface area contributed by atoms with Crippen molar-refractivity contribution in [3.8, 4) is 0 Å². The average molecular weight is 265 g/mol. The van der Waals surface area contributed by atoms with Gasteiger partial charge in [-0.3, -0.25) is 15.0 Å². The van der Waals surface area contributed by atoms with Crippen LogP contribution in [-0.4, -0.2) is 66.0 Å². The van der Waals surface area contributed by atoms with E-state index in [-0.39, 0.29) is 5.69 Å². The molecule has 1 aliphatic heterocycles. The number of anilines is 1. The second-order valence-electron chi connectivity index (χ2n) is 4.94. The van der Waals surface area contributed by atoms with Crippen LogP contribution in [0.1, 0.15) is 0 Å². The Balaban J connectivity index is 1.89. The van der Waals surface area contributed by atoms with Gasteiger partial charge in [-0.1, -0.05) is 0 Å². The summed E-state index contributed by atoms with van der Waals surface area (Å²) >= 11 is 0. The molecule has 7 heteroatoms. The van der Waals surface area contributed by atoms with Gasteiger partial charge in [0, 0.05) is 38.3 Å². The molecule has 2 rings (SSSR count). The van der Waals surface area contributed by atoms with E-state index in [1.54, 1.807) is 6.07 Å². The quantitative estimate of drug-likeness (QED) is 0.636. The highest BCUT2D eigenvalue weighted by Gasteiger charge is 2.21. The van der Waals surface area contributed by atoms with E-state index < -0.39 is 4.92 Å². The van der Waals surface area contributed by atoms with E-state index >= 15 is 0 Å². The summed E-state index contributed by atoms with van der Waals surface area (Å²) in [5.74, 6) is 0.673. The third-order valence-corrected chi connectivity index (χ3v) is 3.46. The number of nitrogens with one attached hydrogen (secondary N) is 1. The molecule has 2 heterocycles. The van der Waals surface area contributed by atoms with Crippen LogP contribution in [0.4, 0.5) is 11.5 Å². The molecule has 0 aliphatic carbocycles. The molecule has 1 N–H and O–H groups in total. The lowest BCUT2D eigenvalue weighted by atomic mass is 10.2. The number of nitrogens with zero attached hydrogens (tertiary/aromatic N) is 4. The fourth-order valence-electron chi connectivity index (χ4n) is 2.14. The van der Waals surface area contributed by atoms with E-state index in [0.717, 1.165) is 26.2 Å². The topological polar surface area (TPSA) is 74.5 Å². The summed E-state index contributed by atoms with van der Waals surface area (Å²) in [6.07, 6.45) is 1.28. The van der Waals surface area contributed by atoms with Crippen LogP contribution >= 0.6 is 0 Å². The molecule has 1 saturated heterocycles. The Bertz CT molecular complexity index is 436. The molecular formula is C12H19N5O2. The molecule has 7 nitrogen and oxygen atoms in total. The molecule has 104 valence electrons. The first-order chi connectivity index (χ1) is 9.06. The number of hydrogen-bond acceptors (Lipinski definition) is 6. The largest absolute Gasteiger partial charge is 0.368 e. The van der Waals surface area contributed by atoms with Crippen LogP contribution < -0.4 is 5.32 Å². The van der Waals surface area contributed by atoms with E-state index in [4.69, 9.17) is 0 Å². The highest BCUT2D eigenvalue weighted by atomic mass is 16.6. The molecule has 1 unspecified atom stereocenters. The number of rotatable bonds is 4. The minimum atomic E-state index is -0.444.